The molecule has 0 spiro atoms. The molecule has 21 heavy (non-hydrogen) atoms. The van der Waals surface area contributed by atoms with Crippen LogP contribution in [0.25, 0.3) is 0 Å². The van der Waals surface area contributed by atoms with Crippen molar-refractivity contribution in [3.63, 3.8) is 0 Å². The fraction of sp³-hybridized carbons (Fsp3) is 0.400. The summed E-state index contributed by atoms with van der Waals surface area (Å²) in [6.07, 6.45) is 0.628. The fourth-order valence-electron chi connectivity index (χ4n) is 2.32. The van der Waals surface area contributed by atoms with E-state index >= 15 is 0 Å². The third-order valence-electron chi connectivity index (χ3n) is 3.43. The van der Waals surface area contributed by atoms with Gasteiger partial charge in [0.1, 0.15) is 5.82 Å². The van der Waals surface area contributed by atoms with Gasteiger partial charge in [0.2, 0.25) is 11.8 Å². The summed E-state index contributed by atoms with van der Waals surface area (Å²) in [5, 5.41) is 0. The molecule has 0 saturated carbocycles. The quantitative estimate of drug-likeness (QED) is 0.630. The maximum Gasteiger partial charge on any atom is 0.340 e. The molecule has 0 aliphatic carbocycles. The second-order valence-corrected chi connectivity index (χ2v) is 5.19. The van der Waals surface area contributed by atoms with Crippen LogP contribution < -0.4 is 0 Å². The van der Waals surface area contributed by atoms with Crippen LogP contribution in [0.3, 0.4) is 0 Å². The number of hydrogen-bond donors (Lipinski definition) is 0. The maximum absolute atomic E-state index is 13.8. The van der Waals surface area contributed by atoms with Gasteiger partial charge in [-0.05, 0) is 23.6 Å². The van der Waals surface area contributed by atoms with Gasteiger partial charge in [0.15, 0.2) is 0 Å². The number of likely N-dealkylation sites (tertiary alicyclic amines) is 1. The van der Waals surface area contributed by atoms with E-state index in [9.17, 15) is 18.8 Å². The lowest BCUT2D eigenvalue weighted by atomic mass is 9.97. The molecule has 1 aromatic rings. The van der Waals surface area contributed by atoms with Gasteiger partial charge in [0, 0.05) is 12.8 Å². The van der Waals surface area contributed by atoms with Crippen molar-refractivity contribution < 1.29 is 23.5 Å². The molecule has 6 heteroatoms. The molecular weight excluding hydrogens is 277 g/mol. The first-order valence-corrected chi connectivity index (χ1v) is 6.62. The Kier molecular flexibility index (Phi) is 4.35. The normalized spacial score (nSPS) is 16.2. The number of hydrogen-bond acceptors (Lipinski definition) is 4. The van der Waals surface area contributed by atoms with Gasteiger partial charge in [-0.2, -0.15) is 0 Å². The number of esters is 1. The van der Waals surface area contributed by atoms with Crippen LogP contribution in [-0.2, 0) is 20.9 Å². The van der Waals surface area contributed by atoms with Gasteiger partial charge >= 0.3 is 5.97 Å². The minimum Gasteiger partial charge on any atom is -0.465 e. The molecule has 0 aromatic heterocycles. The Labute approximate surface area is 121 Å². The van der Waals surface area contributed by atoms with Crippen molar-refractivity contribution in [1.82, 2.24) is 4.90 Å². The summed E-state index contributed by atoms with van der Waals surface area (Å²) in [6, 6.07) is 3.94. The highest BCUT2D eigenvalue weighted by molar-refractivity contribution is 5.97. The van der Waals surface area contributed by atoms with E-state index in [4.69, 9.17) is 0 Å². The van der Waals surface area contributed by atoms with Crippen LogP contribution in [0.15, 0.2) is 18.2 Å². The summed E-state index contributed by atoms with van der Waals surface area (Å²) in [7, 11) is 1.17. The van der Waals surface area contributed by atoms with Gasteiger partial charge in [0.25, 0.3) is 0 Å². The first-order valence-electron chi connectivity index (χ1n) is 6.62. The molecule has 1 aliphatic rings. The van der Waals surface area contributed by atoms with E-state index in [0.29, 0.717) is 18.4 Å². The van der Waals surface area contributed by atoms with Gasteiger partial charge in [-0.25, -0.2) is 9.18 Å². The third kappa shape index (κ3) is 3.26. The maximum atomic E-state index is 13.8. The van der Waals surface area contributed by atoms with E-state index < -0.39 is 11.8 Å². The standard InChI is InChI=1S/C15H16FNO4/c1-9-5-13(18)17(14(19)6-9)8-10-3-4-11(12(16)7-10)15(20)21-2/h3-4,7,9H,5-6,8H2,1-2H3. The van der Waals surface area contributed by atoms with Crippen molar-refractivity contribution in [1.29, 1.82) is 0 Å². The highest BCUT2D eigenvalue weighted by Crippen LogP contribution is 2.21. The molecule has 2 amide bonds. The highest BCUT2D eigenvalue weighted by atomic mass is 19.1. The minimum absolute atomic E-state index is 0.0166. The Morgan fingerprint density at radius 2 is 1.95 bits per heavy atom. The number of ether oxygens (including phenoxy) is 1. The second-order valence-electron chi connectivity index (χ2n) is 5.19. The lowest BCUT2D eigenvalue weighted by molar-refractivity contribution is -0.150. The molecule has 0 unspecified atom stereocenters. The summed E-state index contributed by atoms with van der Waals surface area (Å²) >= 11 is 0. The van der Waals surface area contributed by atoms with E-state index in [0.717, 1.165) is 11.0 Å². The summed E-state index contributed by atoms with van der Waals surface area (Å²) in [5.74, 6) is -1.96. The summed E-state index contributed by atoms with van der Waals surface area (Å²) in [4.78, 5) is 36.2. The fourth-order valence-corrected chi connectivity index (χ4v) is 2.32. The number of benzene rings is 1. The van der Waals surface area contributed by atoms with Gasteiger partial charge in [0.05, 0.1) is 19.2 Å². The molecule has 0 atom stereocenters. The molecule has 1 aliphatic heterocycles. The van der Waals surface area contributed by atoms with Crippen molar-refractivity contribution in [2.24, 2.45) is 5.92 Å². The van der Waals surface area contributed by atoms with Crippen molar-refractivity contribution in [3.05, 3.63) is 35.1 Å². The van der Waals surface area contributed by atoms with Crippen LogP contribution >= 0.6 is 0 Å². The summed E-state index contributed by atoms with van der Waals surface area (Å²) in [6.45, 7) is 1.86. The molecule has 0 N–H and O–H groups in total. The molecule has 1 heterocycles. The lowest BCUT2D eigenvalue weighted by Gasteiger charge is -2.28. The van der Waals surface area contributed by atoms with E-state index in [1.54, 1.807) is 0 Å². The zero-order chi connectivity index (χ0) is 15.6. The van der Waals surface area contributed by atoms with Crippen molar-refractivity contribution in [2.45, 2.75) is 26.3 Å². The number of piperidine rings is 1. The van der Waals surface area contributed by atoms with Crippen LogP contribution in [0.4, 0.5) is 4.39 Å². The van der Waals surface area contributed by atoms with Gasteiger partial charge in [-0.3, -0.25) is 14.5 Å². The largest absolute Gasteiger partial charge is 0.465 e. The molecule has 5 nitrogen and oxygen atoms in total. The topological polar surface area (TPSA) is 63.7 Å². The molecule has 1 fully saturated rings. The summed E-state index contributed by atoms with van der Waals surface area (Å²) < 4.78 is 18.3. The number of nitrogens with zero attached hydrogens (tertiary/aromatic N) is 1. The SMILES string of the molecule is COC(=O)c1ccc(CN2C(=O)CC(C)CC2=O)cc1F. The Morgan fingerprint density at radius 3 is 2.48 bits per heavy atom. The monoisotopic (exact) mass is 293 g/mol. The van der Waals surface area contributed by atoms with Crippen LogP contribution in [0.5, 0.6) is 0 Å². The van der Waals surface area contributed by atoms with Gasteiger partial charge < -0.3 is 4.74 Å². The molecule has 2 rings (SSSR count). The Hall–Kier alpha value is -2.24. The number of imide groups is 1. The van der Waals surface area contributed by atoms with E-state index in [1.165, 1.54) is 19.2 Å². The Balaban J connectivity index is 2.17. The number of halogens is 1. The average Bonchev–Trinajstić information content (AvgIpc) is 2.42. The average molecular weight is 293 g/mol. The van der Waals surface area contributed by atoms with Crippen molar-refractivity contribution in [2.75, 3.05) is 7.11 Å². The predicted octanol–water partition coefficient (Wildman–Crippen LogP) is 1.90. The Morgan fingerprint density at radius 1 is 1.33 bits per heavy atom. The molecule has 1 aromatic carbocycles. The molecule has 0 bridgehead atoms. The predicted molar refractivity (Wildman–Crippen MR) is 71.7 cm³/mol. The van der Waals surface area contributed by atoms with Crippen LogP contribution in [0.2, 0.25) is 0 Å². The second kappa shape index (κ2) is 6.03. The first-order chi connectivity index (χ1) is 9.92. The number of amides is 2. The molecule has 1 saturated heterocycles. The first kappa shape index (κ1) is 15.2. The van der Waals surface area contributed by atoms with Crippen LogP contribution in [0.1, 0.15) is 35.7 Å². The summed E-state index contributed by atoms with van der Waals surface area (Å²) in [5.41, 5.74) is 0.280. The molecule has 112 valence electrons. The lowest BCUT2D eigenvalue weighted by Crippen LogP contribution is -2.42. The van der Waals surface area contributed by atoms with Crippen molar-refractivity contribution in [3.8, 4) is 0 Å². The smallest absolute Gasteiger partial charge is 0.340 e. The zero-order valence-corrected chi connectivity index (χ0v) is 11.9. The molecular formula is C15H16FNO4. The van der Waals surface area contributed by atoms with Crippen molar-refractivity contribution >= 4 is 17.8 Å². The van der Waals surface area contributed by atoms with Gasteiger partial charge in [-0.1, -0.05) is 13.0 Å². The zero-order valence-electron chi connectivity index (χ0n) is 11.9. The number of methoxy groups -OCH3 is 1. The van der Waals surface area contributed by atoms with Gasteiger partial charge in [-0.15, -0.1) is 0 Å². The van der Waals surface area contributed by atoms with Crippen LogP contribution in [-0.4, -0.2) is 29.8 Å². The minimum atomic E-state index is -0.766. The highest BCUT2D eigenvalue weighted by Gasteiger charge is 2.30. The Bertz CT molecular complexity index is 581. The molecule has 0 radical (unpaired) electrons. The van der Waals surface area contributed by atoms with Crippen LogP contribution in [0, 0.1) is 11.7 Å². The van der Waals surface area contributed by atoms with E-state index in [2.05, 4.69) is 4.74 Å². The number of rotatable bonds is 3. The van der Waals surface area contributed by atoms with E-state index in [1.807, 2.05) is 6.92 Å². The number of carbonyl (C=O) groups excluding carboxylic acids is 3. The van der Waals surface area contributed by atoms with E-state index in [-0.39, 0.29) is 29.8 Å². The third-order valence-corrected chi connectivity index (χ3v) is 3.43. The number of carbonyl (C=O) groups is 3.